The van der Waals surface area contributed by atoms with Crippen LogP contribution in [0.25, 0.3) is 0 Å². The minimum absolute atomic E-state index is 0.00504. The standard InChI is InChI=1S/C17H14Br2O6/c1-24-16(22)12-6-10(18)4-8(14(12)20)3-9-5-11(19)7-13(15(9)21)17(23)25-2/h4-7,20-21H,3H2,1-2H3. The number of esters is 2. The largest absolute Gasteiger partial charge is 0.507 e. The van der Waals surface area contributed by atoms with Crippen molar-refractivity contribution in [1.29, 1.82) is 0 Å². The summed E-state index contributed by atoms with van der Waals surface area (Å²) in [5.41, 5.74) is 0.738. The third-order valence-corrected chi connectivity index (χ3v) is 4.41. The third-order valence-electron chi connectivity index (χ3n) is 3.50. The molecule has 0 aliphatic carbocycles. The van der Waals surface area contributed by atoms with Crippen molar-refractivity contribution in [1.82, 2.24) is 0 Å². The monoisotopic (exact) mass is 472 g/mol. The van der Waals surface area contributed by atoms with Gasteiger partial charge < -0.3 is 19.7 Å². The number of carbonyl (C=O) groups is 2. The zero-order chi connectivity index (χ0) is 18.7. The molecule has 25 heavy (non-hydrogen) atoms. The fourth-order valence-electron chi connectivity index (χ4n) is 2.32. The molecular weight excluding hydrogens is 460 g/mol. The lowest BCUT2D eigenvalue weighted by atomic mass is 9.98. The number of aromatic hydroxyl groups is 2. The summed E-state index contributed by atoms with van der Waals surface area (Å²) >= 11 is 6.55. The molecule has 0 aromatic heterocycles. The van der Waals surface area contributed by atoms with Gasteiger partial charge in [0.15, 0.2) is 0 Å². The SMILES string of the molecule is COC(=O)c1cc(Br)cc(Cc2cc(Br)cc(C(=O)OC)c2O)c1O. The maximum Gasteiger partial charge on any atom is 0.341 e. The summed E-state index contributed by atoms with van der Waals surface area (Å²) in [6, 6.07) is 6.09. The molecule has 0 aliphatic heterocycles. The Balaban J connectivity index is 2.54. The van der Waals surface area contributed by atoms with E-state index in [1.165, 1.54) is 26.4 Å². The number of benzene rings is 2. The summed E-state index contributed by atoms with van der Waals surface area (Å²) in [6.45, 7) is 0. The third kappa shape index (κ3) is 4.13. The minimum Gasteiger partial charge on any atom is -0.507 e. The van der Waals surface area contributed by atoms with E-state index in [1.54, 1.807) is 12.1 Å². The number of halogens is 2. The quantitative estimate of drug-likeness (QED) is 0.656. The van der Waals surface area contributed by atoms with Crippen molar-refractivity contribution >= 4 is 43.8 Å². The summed E-state index contributed by atoms with van der Waals surface area (Å²) in [5.74, 6) is -1.88. The van der Waals surface area contributed by atoms with Crippen molar-refractivity contribution in [3.05, 3.63) is 55.5 Å². The Hall–Kier alpha value is -2.06. The molecule has 0 heterocycles. The molecule has 2 N–H and O–H groups in total. The van der Waals surface area contributed by atoms with Crippen LogP contribution in [0.15, 0.2) is 33.2 Å². The van der Waals surface area contributed by atoms with Crippen molar-refractivity contribution in [2.24, 2.45) is 0 Å². The van der Waals surface area contributed by atoms with Gasteiger partial charge >= 0.3 is 11.9 Å². The maximum atomic E-state index is 11.8. The lowest BCUT2D eigenvalue weighted by Crippen LogP contribution is -2.05. The van der Waals surface area contributed by atoms with E-state index in [0.29, 0.717) is 20.1 Å². The summed E-state index contributed by atoms with van der Waals surface area (Å²) in [5, 5.41) is 20.7. The van der Waals surface area contributed by atoms with Crippen LogP contribution in [-0.2, 0) is 15.9 Å². The van der Waals surface area contributed by atoms with E-state index in [0.717, 1.165) is 0 Å². The number of hydrogen-bond donors (Lipinski definition) is 2. The van der Waals surface area contributed by atoms with E-state index in [-0.39, 0.29) is 29.0 Å². The predicted octanol–water partition coefficient (Wildman–Crippen LogP) is 3.79. The predicted molar refractivity (Wildman–Crippen MR) is 97.1 cm³/mol. The highest BCUT2D eigenvalue weighted by molar-refractivity contribution is 9.10. The second-order valence-corrected chi connectivity index (χ2v) is 6.91. The van der Waals surface area contributed by atoms with Gasteiger partial charge in [0, 0.05) is 26.5 Å². The number of ether oxygens (including phenoxy) is 2. The molecule has 2 aromatic carbocycles. The average Bonchev–Trinajstić information content (AvgIpc) is 2.59. The molecule has 0 atom stereocenters. The molecule has 132 valence electrons. The van der Waals surface area contributed by atoms with Gasteiger partial charge in [-0.25, -0.2) is 9.59 Å². The lowest BCUT2D eigenvalue weighted by molar-refractivity contribution is 0.0588. The van der Waals surface area contributed by atoms with Crippen LogP contribution in [0.1, 0.15) is 31.8 Å². The fraction of sp³-hybridized carbons (Fsp3) is 0.176. The van der Waals surface area contributed by atoms with Crippen LogP contribution in [0.5, 0.6) is 11.5 Å². The van der Waals surface area contributed by atoms with Crippen LogP contribution in [0.2, 0.25) is 0 Å². The van der Waals surface area contributed by atoms with Gasteiger partial charge in [0.1, 0.15) is 22.6 Å². The number of phenolic OH excluding ortho intramolecular Hbond substituents is 2. The normalized spacial score (nSPS) is 10.4. The number of phenols is 2. The fourth-order valence-corrected chi connectivity index (χ4v) is 3.33. The van der Waals surface area contributed by atoms with Crippen molar-refractivity contribution in [3.8, 4) is 11.5 Å². The first-order chi connectivity index (χ1) is 11.8. The molecule has 8 heteroatoms. The first kappa shape index (κ1) is 19.3. The van der Waals surface area contributed by atoms with E-state index in [9.17, 15) is 19.8 Å². The smallest absolute Gasteiger partial charge is 0.341 e. The molecule has 0 saturated carbocycles. The molecule has 2 rings (SSSR count). The zero-order valence-electron chi connectivity index (χ0n) is 13.3. The first-order valence-corrected chi connectivity index (χ1v) is 8.56. The van der Waals surface area contributed by atoms with Crippen LogP contribution in [0.3, 0.4) is 0 Å². The molecule has 6 nitrogen and oxygen atoms in total. The Morgan fingerprint density at radius 2 is 1.20 bits per heavy atom. The number of methoxy groups -OCH3 is 2. The topological polar surface area (TPSA) is 93.1 Å². The van der Waals surface area contributed by atoms with E-state index >= 15 is 0 Å². The summed E-state index contributed by atoms with van der Waals surface area (Å²) < 4.78 is 10.4. The highest BCUT2D eigenvalue weighted by Gasteiger charge is 2.20. The van der Waals surface area contributed by atoms with Gasteiger partial charge in [-0.1, -0.05) is 31.9 Å². The summed E-state index contributed by atoms with van der Waals surface area (Å²) in [4.78, 5) is 23.5. The van der Waals surface area contributed by atoms with Crippen molar-refractivity contribution < 1.29 is 29.3 Å². The van der Waals surface area contributed by atoms with Crippen molar-refractivity contribution in [3.63, 3.8) is 0 Å². The molecule has 2 aromatic rings. The van der Waals surface area contributed by atoms with Crippen LogP contribution in [-0.4, -0.2) is 36.4 Å². The molecule has 0 amide bonds. The highest BCUT2D eigenvalue weighted by Crippen LogP contribution is 2.34. The van der Waals surface area contributed by atoms with Crippen LogP contribution in [0, 0.1) is 0 Å². The number of carbonyl (C=O) groups excluding carboxylic acids is 2. The molecule has 0 aliphatic rings. The van der Waals surface area contributed by atoms with Gasteiger partial charge in [-0.15, -0.1) is 0 Å². The molecule has 0 fully saturated rings. The van der Waals surface area contributed by atoms with Crippen LogP contribution < -0.4 is 0 Å². The highest BCUT2D eigenvalue weighted by atomic mass is 79.9. The summed E-state index contributed by atoms with van der Waals surface area (Å²) in [7, 11) is 2.43. The van der Waals surface area contributed by atoms with Crippen LogP contribution >= 0.6 is 31.9 Å². The van der Waals surface area contributed by atoms with Gasteiger partial charge in [-0.2, -0.15) is 0 Å². The van der Waals surface area contributed by atoms with Crippen molar-refractivity contribution in [2.75, 3.05) is 14.2 Å². The molecular formula is C17H14Br2O6. The molecule has 0 saturated heterocycles. The summed E-state index contributed by atoms with van der Waals surface area (Å²) in [6.07, 6.45) is 0.0739. The second kappa shape index (κ2) is 7.88. The molecule has 0 radical (unpaired) electrons. The van der Waals surface area contributed by atoms with Gasteiger partial charge in [0.25, 0.3) is 0 Å². The zero-order valence-corrected chi connectivity index (χ0v) is 16.5. The number of rotatable bonds is 4. The Kier molecular flexibility index (Phi) is 6.07. The second-order valence-electron chi connectivity index (χ2n) is 5.08. The van der Waals surface area contributed by atoms with Crippen molar-refractivity contribution in [2.45, 2.75) is 6.42 Å². The van der Waals surface area contributed by atoms with E-state index in [2.05, 4.69) is 41.3 Å². The Morgan fingerprint density at radius 1 is 0.840 bits per heavy atom. The molecule has 0 bridgehead atoms. The van der Waals surface area contributed by atoms with Gasteiger partial charge in [0.2, 0.25) is 0 Å². The van der Waals surface area contributed by atoms with E-state index in [4.69, 9.17) is 0 Å². The van der Waals surface area contributed by atoms with E-state index in [1.807, 2.05) is 0 Å². The average molecular weight is 474 g/mol. The van der Waals surface area contributed by atoms with Gasteiger partial charge in [-0.3, -0.25) is 0 Å². The Labute approximate surface area is 160 Å². The molecule has 0 unspecified atom stereocenters. The minimum atomic E-state index is -0.686. The maximum absolute atomic E-state index is 11.8. The number of hydrogen-bond acceptors (Lipinski definition) is 6. The first-order valence-electron chi connectivity index (χ1n) is 6.97. The lowest BCUT2D eigenvalue weighted by Gasteiger charge is -2.13. The van der Waals surface area contributed by atoms with Crippen LogP contribution in [0.4, 0.5) is 0 Å². The Morgan fingerprint density at radius 3 is 1.52 bits per heavy atom. The van der Waals surface area contributed by atoms with Gasteiger partial charge in [-0.05, 0) is 24.3 Å². The van der Waals surface area contributed by atoms with Gasteiger partial charge in [0.05, 0.1) is 14.2 Å². The molecule has 0 spiro atoms. The van der Waals surface area contributed by atoms with E-state index < -0.39 is 11.9 Å². The Bertz CT molecular complexity index is 778.